The lowest BCUT2D eigenvalue weighted by Gasteiger charge is -2.31. The zero-order valence-corrected chi connectivity index (χ0v) is 19.9. The number of benzene rings is 2. The highest BCUT2D eigenvalue weighted by Crippen LogP contribution is 2.33. The molecule has 0 aliphatic carbocycles. The van der Waals surface area contributed by atoms with Gasteiger partial charge in [0.05, 0.1) is 10.9 Å². The van der Waals surface area contributed by atoms with Crippen molar-refractivity contribution in [3.63, 3.8) is 0 Å². The van der Waals surface area contributed by atoms with Crippen LogP contribution in [-0.4, -0.2) is 51.2 Å². The van der Waals surface area contributed by atoms with Crippen molar-refractivity contribution in [2.24, 2.45) is 5.92 Å². The number of thioether (sulfide) groups is 1. The molecule has 1 fully saturated rings. The van der Waals surface area contributed by atoms with Crippen molar-refractivity contribution in [3.05, 3.63) is 48.0 Å². The molecule has 32 heavy (non-hydrogen) atoms. The average Bonchev–Trinajstić information content (AvgIpc) is 2.83. The second-order valence-electron chi connectivity index (χ2n) is 7.99. The van der Waals surface area contributed by atoms with Gasteiger partial charge in [0.25, 0.3) is 0 Å². The third kappa shape index (κ3) is 4.89. The quantitative estimate of drug-likeness (QED) is 0.643. The van der Waals surface area contributed by atoms with E-state index < -0.39 is 10.0 Å². The molecule has 2 aromatic carbocycles. The Balaban J connectivity index is 1.34. The van der Waals surface area contributed by atoms with Gasteiger partial charge in [-0.1, -0.05) is 6.07 Å². The Morgan fingerprint density at radius 3 is 2.38 bits per heavy atom. The smallest absolute Gasteiger partial charge is 0.243 e. The summed E-state index contributed by atoms with van der Waals surface area (Å²) in [5.41, 5.74) is 0.941. The number of carbonyl (C=O) groups is 1. The van der Waals surface area contributed by atoms with E-state index in [0.29, 0.717) is 49.8 Å². The minimum Gasteiger partial charge on any atom is -0.486 e. The molecule has 0 bridgehead atoms. The number of sulfonamides is 1. The minimum atomic E-state index is -3.54. The van der Waals surface area contributed by atoms with Crippen molar-refractivity contribution in [2.75, 3.05) is 32.6 Å². The fourth-order valence-electron chi connectivity index (χ4n) is 4.00. The van der Waals surface area contributed by atoms with Crippen LogP contribution in [0.5, 0.6) is 11.5 Å². The number of nitrogens with one attached hydrogen (secondary N) is 1. The summed E-state index contributed by atoms with van der Waals surface area (Å²) in [6.45, 7) is 3.66. The molecule has 1 N–H and O–H groups in total. The molecule has 0 aromatic heterocycles. The average molecular weight is 477 g/mol. The summed E-state index contributed by atoms with van der Waals surface area (Å²) in [7, 11) is -3.54. The maximum atomic E-state index is 12.9. The van der Waals surface area contributed by atoms with E-state index in [1.165, 1.54) is 4.31 Å². The van der Waals surface area contributed by atoms with E-state index in [4.69, 9.17) is 9.47 Å². The van der Waals surface area contributed by atoms with Crippen molar-refractivity contribution in [1.82, 2.24) is 9.62 Å². The topological polar surface area (TPSA) is 84.9 Å². The van der Waals surface area contributed by atoms with Crippen LogP contribution in [0.1, 0.15) is 31.4 Å². The predicted octanol–water partition coefficient (Wildman–Crippen LogP) is 3.46. The Labute approximate surface area is 193 Å². The largest absolute Gasteiger partial charge is 0.486 e. The Morgan fingerprint density at radius 2 is 1.72 bits per heavy atom. The summed E-state index contributed by atoms with van der Waals surface area (Å²) in [6.07, 6.45) is 2.96. The zero-order valence-electron chi connectivity index (χ0n) is 18.2. The van der Waals surface area contributed by atoms with E-state index in [-0.39, 0.29) is 17.9 Å². The lowest BCUT2D eigenvalue weighted by molar-refractivity contribution is -0.126. The van der Waals surface area contributed by atoms with Crippen LogP contribution in [0.3, 0.4) is 0 Å². The Kier molecular flexibility index (Phi) is 6.97. The number of rotatable bonds is 6. The maximum absolute atomic E-state index is 12.9. The van der Waals surface area contributed by atoms with Gasteiger partial charge >= 0.3 is 0 Å². The van der Waals surface area contributed by atoms with Crippen molar-refractivity contribution in [2.45, 2.75) is 35.6 Å². The number of piperidine rings is 1. The highest BCUT2D eigenvalue weighted by atomic mass is 32.2. The van der Waals surface area contributed by atoms with Gasteiger partial charge < -0.3 is 14.8 Å². The van der Waals surface area contributed by atoms with Crippen molar-refractivity contribution >= 4 is 27.7 Å². The number of nitrogens with zero attached hydrogens (tertiary/aromatic N) is 1. The molecule has 7 nitrogen and oxygen atoms in total. The Bertz CT molecular complexity index is 1060. The summed E-state index contributed by atoms with van der Waals surface area (Å²) >= 11 is 1.57. The highest BCUT2D eigenvalue weighted by Gasteiger charge is 2.32. The Hall–Kier alpha value is -2.23. The van der Waals surface area contributed by atoms with Crippen LogP contribution in [-0.2, 0) is 14.8 Å². The van der Waals surface area contributed by atoms with Crippen LogP contribution in [0, 0.1) is 5.92 Å². The summed E-state index contributed by atoms with van der Waals surface area (Å²) < 4.78 is 38.5. The van der Waals surface area contributed by atoms with Crippen molar-refractivity contribution in [1.29, 1.82) is 0 Å². The van der Waals surface area contributed by atoms with Gasteiger partial charge in [-0.15, -0.1) is 11.8 Å². The molecule has 172 valence electrons. The predicted molar refractivity (Wildman–Crippen MR) is 124 cm³/mol. The molecule has 0 spiro atoms. The summed E-state index contributed by atoms with van der Waals surface area (Å²) in [6, 6.07) is 12.4. The summed E-state index contributed by atoms with van der Waals surface area (Å²) in [5.74, 6) is 1.16. The molecular weight excluding hydrogens is 448 g/mol. The van der Waals surface area contributed by atoms with Gasteiger partial charge in [0, 0.05) is 23.9 Å². The molecule has 9 heteroatoms. The number of amides is 1. The van der Waals surface area contributed by atoms with E-state index in [1.807, 2.05) is 43.5 Å². The molecule has 0 saturated carbocycles. The Morgan fingerprint density at radius 1 is 1.06 bits per heavy atom. The van der Waals surface area contributed by atoms with Crippen LogP contribution >= 0.6 is 11.8 Å². The highest BCUT2D eigenvalue weighted by molar-refractivity contribution is 7.98. The third-order valence-electron chi connectivity index (χ3n) is 5.95. The molecule has 1 unspecified atom stereocenters. The molecule has 1 saturated heterocycles. The van der Waals surface area contributed by atoms with Gasteiger partial charge in [-0.3, -0.25) is 4.79 Å². The monoisotopic (exact) mass is 476 g/mol. The van der Waals surface area contributed by atoms with Gasteiger partial charge in [-0.2, -0.15) is 4.31 Å². The standard InChI is InChI=1S/C23H28N2O5S2/c1-16(18-3-8-21-22(15-18)30-14-13-29-21)24-23(26)17-9-11-25(12-10-17)32(27,28)20-6-4-19(31-2)5-7-20/h3-8,15-17H,9-14H2,1-2H3,(H,24,26). The molecule has 0 radical (unpaired) electrons. The molecule has 2 heterocycles. The van der Waals surface area contributed by atoms with Crippen molar-refractivity contribution < 1.29 is 22.7 Å². The van der Waals surface area contributed by atoms with Crippen LogP contribution in [0.25, 0.3) is 0 Å². The van der Waals surface area contributed by atoms with Crippen LogP contribution < -0.4 is 14.8 Å². The van der Waals surface area contributed by atoms with E-state index >= 15 is 0 Å². The van der Waals surface area contributed by atoms with Gasteiger partial charge in [0.15, 0.2) is 11.5 Å². The van der Waals surface area contributed by atoms with Gasteiger partial charge in [0.1, 0.15) is 13.2 Å². The van der Waals surface area contributed by atoms with Crippen LogP contribution in [0.2, 0.25) is 0 Å². The molecular formula is C23H28N2O5S2. The van der Waals surface area contributed by atoms with Gasteiger partial charge in [0.2, 0.25) is 15.9 Å². The van der Waals surface area contributed by atoms with Crippen LogP contribution in [0.15, 0.2) is 52.3 Å². The lowest BCUT2D eigenvalue weighted by atomic mass is 9.96. The number of hydrogen-bond donors (Lipinski definition) is 1. The van der Waals surface area contributed by atoms with Gasteiger partial charge in [-0.25, -0.2) is 8.42 Å². The second-order valence-corrected chi connectivity index (χ2v) is 10.8. The first-order valence-corrected chi connectivity index (χ1v) is 13.4. The van der Waals surface area contributed by atoms with E-state index in [2.05, 4.69) is 5.32 Å². The second kappa shape index (κ2) is 9.72. The normalized spacial score (nSPS) is 18.2. The van der Waals surface area contributed by atoms with E-state index in [9.17, 15) is 13.2 Å². The third-order valence-corrected chi connectivity index (χ3v) is 8.60. The number of ether oxygens (including phenoxy) is 2. The van der Waals surface area contributed by atoms with Crippen molar-refractivity contribution in [3.8, 4) is 11.5 Å². The minimum absolute atomic E-state index is 0.0474. The summed E-state index contributed by atoms with van der Waals surface area (Å²) in [4.78, 5) is 14.1. The van der Waals surface area contributed by atoms with E-state index in [1.54, 1.807) is 23.9 Å². The first-order chi connectivity index (χ1) is 15.4. The maximum Gasteiger partial charge on any atom is 0.243 e. The molecule has 1 amide bonds. The fourth-order valence-corrected chi connectivity index (χ4v) is 5.88. The molecule has 1 atom stereocenters. The zero-order chi connectivity index (χ0) is 22.7. The first kappa shape index (κ1) is 22.9. The fraction of sp³-hybridized carbons (Fsp3) is 0.435. The SMILES string of the molecule is CSc1ccc(S(=O)(=O)N2CCC(C(=O)NC(C)c3ccc4c(c3)OCCO4)CC2)cc1. The summed E-state index contributed by atoms with van der Waals surface area (Å²) in [5, 5.41) is 3.07. The van der Waals surface area contributed by atoms with Crippen LogP contribution in [0.4, 0.5) is 0 Å². The molecule has 4 rings (SSSR count). The molecule has 2 aliphatic rings. The molecule has 2 aromatic rings. The number of hydrogen-bond acceptors (Lipinski definition) is 6. The number of fused-ring (bicyclic) bond motifs is 1. The number of carbonyl (C=O) groups excluding carboxylic acids is 1. The van der Waals surface area contributed by atoms with Gasteiger partial charge in [-0.05, 0) is 68.0 Å². The first-order valence-electron chi connectivity index (χ1n) is 10.7. The van der Waals surface area contributed by atoms with E-state index in [0.717, 1.165) is 16.2 Å². The lowest BCUT2D eigenvalue weighted by Crippen LogP contribution is -2.43. The molecule has 2 aliphatic heterocycles.